The fourth-order valence-electron chi connectivity index (χ4n) is 1.55. The largest absolute Gasteiger partial charge is 0.399 e. The van der Waals surface area contributed by atoms with Crippen LogP contribution in [0.5, 0.6) is 0 Å². The quantitative estimate of drug-likeness (QED) is 0.834. The van der Waals surface area contributed by atoms with Gasteiger partial charge in [0.2, 0.25) is 5.89 Å². The lowest BCUT2D eigenvalue weighted by atomic mass is 10.1. The highest BCUT2D eigenvalue weighted by Gasteiger charge is 2.10. The van der Waals surface area contributed by atoms with Crippen LogP contribution in [0.15, 0.2) is 22.7 Å². The number of nitrogens with two attached hydrogens (primary N) is 1. The lowest BCUT2D eigenvalue weighted by molar-refractivity contribution is 0.0949. The Labute approximate surface area is 116 Å². The summed E-state index contributed by atoms with van der Waals surface area (Å²) < 4.78 is 4.81. The molecule has 0 bridgehead atoms. The number of nitrogen functional groups attached to an aromatic ring is 1. The van der Waals surface area contributed by atoms with Gasteiger partial charge < -0.3 is 15.6 Å². The van der Waals surface area contributed by atoms with E-state index < -0.39 is 0 Å². The Morgan fingerprint density at radius 3 is 2.79 bits per heavy atom. The Balaban J connectivity index is 0.00000180. The number of benzene rings is 1. The molecule has 0 saturated carbocycles. The molecule has 1 amide bonds. The standard InChI is InChI=1S/C12H14N4O2.ClH/c1-7-3-4-9(13)5-10(7)12(17)14-6-11-15-8(2)18-16-11;/h3-5H,6,13H2,1-2H3,(H,14,17);1H. The molecule has 2 aromatic rings. The Bertz CT molecular complexity index is 583. The topological polar surface area (TPSA) is 94.0 Å². The fourth-order valence-corrected chi connectivity index (χ4v) is 1.55. The van der Waals surface area contributed by atoms with Gasteiger partial charge in [0.15, 0.2) is 5.82 Å². The van der Waals surface area contributed by atoms with Crippen molar-refractivity contribution in [3.8, 4) is 0 Å². The predicted octanol–water partition coefficient (Wildman–Crippen LogP) is 1.62. The molecule has 2 rings (SSSR count). The first-order chi connectivity index (χ1) is 8.56. The van der Waals surface area contributed by atoms with Crippen LogP contribution < -0.4 is 11.1 Å². The van der Waals surface area contributed by atoms with Gasteiger partial charge in [-0.1, -0.05) is 11.2 Å². The summed E-state index contributed by atoms with van der Waals surface area (Å²) in [6, 6.07) is 5.21. The molecule has 1 aromatic heterocycles. The second-order valence-electron chi connectivity index (χ2n) is 3.99. The van der Waals surface area contributed by atoms with Crippen LogP contribution in [0.1, 0.15) is 27.6 Å². The smallest absolute Gasteiger partial charge is 0.252 e. The van der Waals surface area contributed by atoms with Crippen molar-refractivity contribution in [3.63, 3.8) is 0 Å². The number of rotatable bonds is 3. The molecule has 1 aromatic carbocycles. The summed E-state index contributed by atoms with van der Waals surface area (Å²) in [4.78, 5) is 15.9. The van der Waals surface area contributed by atoms with Gasteiger partial charge in [-0.25, -0.2) is 0 Å². The summed E-state index contributed by atoms with van der Waals surface area (Å²) in [5, 5.41) is 6.41. The summed E-state index contributed by atoms with van der Waals surface area (Å²) in [6.07, 6.45) is 0. The van der Waals surface area contributed by atoms with Gasteiger partial charge in [0.25, 0.3) is 5.91 Å². The second-order valence-corrected chi connectivity index (χ2v) is 3.99. The van der Waals surface area contributed by atoms with Crippen LogP contribution in [0.4, 0.5) is 5.69 Å². The van der Waals surface area contributed by atoms with Crippen molar-refractivity contribution in [2.45, 2.75) is 20.4 Å². The third kappa shape index (κ3) is 3.69. The van der Waals surface area contributed by atoms with E-state index in [1.807, 2.05) is 13.0 Å². The number of nitrogens with one attached hydrogen (secondary N) is 1. The first-order valence-corrected chi connectivity index (χ1v) is 5.50. The zero-order valence-electron chi connectivity index (χ0n) is 10.6. The van der Waals surface area contributed by atoms with E-state index in [9.17, 15) is 4.79 Å². The number of anilines is 1. The molecule has 7 heteroatoms. The van der Waals surface area contributed by atoms with Crippen molar-refractivity contribution in [1.82, 2.24) is 15.5 Å². The van der Waals surface area contributed by atoms with Crippen molar-refractivity contribution in [3.05, 3.63) is 41.0 Å². The maximum atomic E-state index is 11.9. The first-order valence-electron chi connectivity index (χ1n) is 5.50. The Morgan fingerprint density at radius 2 is 2.16 bits per heavy atom. The third-order valence-electron chi connectivity index (χ3n) is 2.48. The van der Waals surface area contributed by atoms with Gasteiger partial charge in [-0.2, -0.15) is 4.98 Å². The van der Waals surface area contributed by atoms with Crippen molar-refractivity contribution in [2.75, 3.05) is 5.73 Å². The minimum absolute atomic E-state index is 0. The number of hydrogen-bond donors (Lipinski definition) is 2. The van der Waals surface area contributed by atoms with Crippen molar-refractivity contribution >= 4 is 24.0 Å². The molecule has 0 saturated heterocycles. The monoisotopic (exact) mass is 282 g/mol. The summed E-state index contributed by atoms with van der Waals surface area (Å²) in [5.41, 5.74) is 7.63. The van der Waals surface area contributed by atoms with Gasteiger partial charge in [0.1, 0.15) is 0 Å². The van der Waals surface area contributed by atoms with Crippen molar-refractivity contribution in [2.24, 2.45) is 0 Å². The van der Waals surface area contributed by atoms with E-state index in [1.165, 1.54) is 0 Å². The van der Waals surface area contributed by atoms with E-state index in [2.05, 4.69) is 15.5 Å². The van der Waals surface area contributed by atoms with Gasteiger partial charge in [0.05, 0.1) is 6.54 Å². The van der Waals surface area contributed by atoms with Crippen molar-refractivity contribution in [1.29, 1.82) is 0 Å². The zero-order valence-corrected chi connectivity index (χ0v) is 11.5. The predicted molar refractivity (Wildman–Crippen MR) is 73.0 cm³/mol. The molecule has 19 heavy (non-hydrogen) atoms. The summed E-state index contributed by atoms with van der Waals surface area (Å²) in [7, 11) is 0. The molecular weight excluding hydrogens is 268 g/mol. The van der Waals surface area contributed by atoms with Crippen molar-refractivity contribution < 1.29 is 9.32 Å². The minimum atomic E-state index is -0.206. The van der Waals surface area contributed by atoms with Gasteiger partial charge in [-0.3, -0.25) is 4.79 Å². The number of aromatic nitrogens is 2. The van der Waals surface area contributed by atoms with E-state index in [0.717, 1.165) is 5.56 Å². The normalized spacial score (nSPS) is 9.79. The Kier molecular flexibility index (Phi) is 4.88. The van der Waals surface area contributed by atoms with E-state index >= 15 is 0 Å². The molecule has 3 N–H and O–H groups in total. The van der Waals surface area contributed by atoms with Gasteiger partial charge >= 0.3 is 0 Å². The van der Waals surface area contributed by atoms with Crippen LogP contribution in [0.25, 0.3) is 0 Å². The van der Waals surface area contributed by atoms with Gasteiger partial charge in [0, 0.05) is 18.2 Å². The highest BCUT2D eigenvalue weighted by atomic mass is 35.5. The Hall–Kier alpha value is -2.08. The number of carbonyl (C=O) groups is 1. The molecule has 0 fully saturated rings. The van der Waals surface area contributed by atoms with Crippen LogP contribution in [-0.4, -0.2) is 16.0 Å². The Morgan fingerprint density at radius 1 is 1.42 bits per heavy atom. The van der Waals surface area contributed by atoms with Crippen LogP contribution in [0.2, 0.25) is 0 Å². The second kappa shape index (κ2) is 6.19. The van der Waals surface area contributed by atoms with E-state index in [1.54, 1.807) is 19.1 Å². The summed E-state index contributed by atoms with van der Waals surface area (Å²) >= 11 is 0. The molecule has 0 atom stereocenters. The van der Waals surface area contributed by atoms with Crippen LogP contribution in [0, 0.1) is 13.8 Å². The van der Waals surface area contributed by atoms with E-state index in [-0.39, 0.29) is 24.9 Å². The third-order valence-corrected chi connectivity index (χ3v) is 2.48. The highest BCUT2D eigenvalue weighted by Crippen LogP contribution is 2.12. The molecule has 0 aliphatic carbocycles. The maximum Gasteiger partial charge on any atom is 0.252 e. The first kappa shape index (κ1) is 15.0. The summed E-state index contributed by atoms with van der Waals surface area (Å²) in [5.74, 6) is 0.712. The number of aryl methyl sites for hydroxylation is 2. The minimum Gasteiger partial charge on any atom is -0.399 e. The van der Waals surface area contributed by atoms with E-state index in [4.69, 9.17) is 10.3 Å². The molecule has 0 radical (unpaired) electrons. The molecule has 6 nitrogen and oxygen atoms in total. The average Bonchev–Trinajstić information content (AvgIpc) is 2.75. The number of halogens is 1. The number of amides is 1. The molecule has 102 valence electrons. The molecule has 0 aliphatic heterocycles. The summed E-state index contributed by atoms with van der Waals surface area (Å²) in [6.45, 7) is 3.78. The number of carbonyl (C=O) groups excluding carboxylic acids is 1. The highest BCUT2D eigenvalue weighted by molar-refractivity contribution is 5.96. The SMILES string of the molecule is Cc1nc(CNC(=O)c2cc(N)ccc2C)no1.Cl. The lowest BCUT2D eigenvalue weighted by Gasteiger charge is -2.06. The fraction of sp³-hybridized carbons (Fsp3) is 0.250. The number of hydrogen-bond acceptors (Lipinski definition) is 5. The lowest BCUT2D eigenvalue weighted by Crippen LogP contribution is -2.24. The van der Waals surface area contributed by atoms with Crippen LogP contribution in [-0.2, 0) is 6.54 Å². The van der Waals surface area contributed by atoms with Crippen LogP contribution in [0.3, 0.4) is 0 Å². The van der Waals surface area contributed by atoms with Gasteiger partial charge in [-0.15, -0.1) is 12.4 Å². The molecule has 1 heterocycles. The van der Waals surface area contributed by atoms with E-state index in [0.29, 0.717) is 23.0 Å². The molecule has 0 aliphatic rings. The maximum absolute atomic E-state index is 11.9. The number of nitrogens with zero attached hydrogens (tertiary/aromatic N) is 2. The van der Waals surface area contributed by atoms with Crippen LogP contribution >= 0.6 is 12.4 Å². The molecular formula is C12H15ClN4O2. The average molecular weight is 283 g/mol. The zero-order chi connectivity index (χ0) is 13.1. The molecule has 0 spiro atoms. The van der Waals surface area contributed by atoms with Gasteiger partial charge in [-0.05, 0) is 24.6 Å². The molecule has 0 unspecified atom stereocenters.